The molecule has 4 nitrogen and oxygen atoms in total. The third-order valence-corrected chi connectivity index (χ3v) is 5.37. The first-order chi connectivity index (χ1) is 11.2. The van der Waals surface area contributed by atoms with Crippen LogP contribution in [0.4, 0.5) is 16.6 Å². The maximum atomic E-state index is 4.41. The number of thiazole rings is 1. The minimum atomic E-state index is 0.817. The Morgan fingerprint density at radius 2 is 2.04 bits per heavy atom. The van der Waals surface area contributed by atoms with Gasteiger partial charge in [-0.25, -0.2) is 9.97 Å². The Morgan fingerprint density at radius 1 is 1.13 bits per heavy atom. The predicted molar refractivity (Wildman–Crippen MR) is 100.0 cm³/mol. The molecule has 0 aliphatic rings. The van der Waals surface area contributed by atoms with Crippen molar-refractivity contribution in [3.8, 4) is 0 Å². The van der Waals surface area contributed by atoms with Gasteiger partial charge in [0, 0.05) is 31.7 Å². The van der Waals surface area contributed by atoms with E-state index in [1.807, 2.05) is 24.4 Å². The van der Waals surface area contributed by atoms with E-state index in [0.29, 0.717) is 0 Å². The molecule has 2 heterocycles. The van der Waals surface area contributed by atoms with Gasteiger partial charge in [0.15, 0.2) is 5.13 Å². The molecule has 0 amide bonds. The molecule has 0 unspecified atom stereocenters. The molecule has 0 bridgehead atoms. The van der Waals surface area contributed by atoms with Gasteiger partial charge in [-0.15, -0.1) is 11.8 Å². The summed E-state index contributed by atoms with van der Waals surface area (Å²) in [5.74, 6) is 1.75. The fraction of sp³-hybridized carbons (Fsp3) is 0.176. The number of benzene rings is 1. The highest BCUT2D eigenvalue weighted by molar-refractivity contribution is 8.00. The number of pyridine rings is 1. The van der Waals surface area contributed by atoms with Crippen molar-refractivity contribution in [1.29, 1.82) is 0 Å². The van der Waals surface area contributed by atoms with Gasteiger partial charge in [0.05, 0.1) is 10.4 Å². The second kappa shape index (κ2) is 7.48. The molecule has 1 aromatic carbocycles. The van der Waals surface area contributed by atoms with E-state index in [2.05, 4.69) is 58.5 Å². The smallest absolute Gasteiger partial charge is 0.189 e. The van der Waals surface area contributed by atoms with E-state index >= 15 is 0 Å². The third kappa shape index (κ3) is 4.46. The molecule has 3 aromatic rings. The van der Waals surface area contributed by atoms with Crippen molar-refractivity contribution in [1.82, 2.24) is 9.97 Å². The Labute approximate surface area is 144 Å². The van der Waals surface area contributed by atoms with Crippen LogP contribution in [-0.4, -0.2) is 24.1 Å². The molecule has 118 valence electrons. The molecule has 0 spiro atoms. The molecule has 0 radical (unpaired) electrons. The van der Waals surface area contributed by atoms with Crippen molar-refractivity contribution in [2.24, 2.45) is 0 Å². The van der Waals surface area contributed by atoms with E-state index in [1.54, 1.807) is 29.3 Å². The van der Waals surface area contributed by atoms with Crippen LogP contribution in [0.15, 0.2) is 59.1 Å². The number of hydrogen-bond acceptors (Lipinski definition) is 6. The zero-order valence-corrected chi connectivity index (χ0v) is 14.7. The SMILES string of the molecule is CN(C)c1cccc(CSc2cnc(Nc3ccccn3)s2)c1. The number of aromatic nitrogens is 2. The molecule has 0 atom stereocenters. The van der Waals surface area contributed by atoms with E-state index in [9.17, 15) is 0 Å². The number of nitrogens with zero attached hydrogens (tertiary/aromatic N) is 3. The first-order valence-corrected chi connectivity index (χ1v) is 9.04. The highest BCUT2D eigenvalue weighted by atomic mass is 32.2. The van der Waals surface area contributed by atoms with E-state index < -0.39 is 0 Å². The first-order valence-electron chi connectivity index (χ1n) is 7.23. The van der Waals surface area contributed by atoms with Gasteiger partial charge in [-0.1, -0.05) is 29.5 Å². The van der Waals surface area contributed by atoms with E-state index in [-0.39, 0.29) is 0 Å². The summed E-state index contributed by atoms with van der Waals surface area (Å²) in [5, 5.41) is 4.09. The Morgan fingerprint density at radius 3 is 2.83 bits per heavy atom. The van der Waals surface area contributed by atoms with E-state index in [4.69, 9.17) is 0 Å². The number of thioether (sulfide) groups is 1. The van der Waals surface area contributed by atoms with Crippen molar-refractivity contribution in [3.05, 3.63) is 60.4 Å². The van der Waals surface area contributed by atoms with Crippen LogP contribution in [0.3, 0.4) is 0 Å². The zero-order chi connectivity index (χ0) is 16.1. The van der Waals surface area contributed by atoms with Crippen LogP contribution >= 0.6 is 23.1 Å². The van der Waals surface area contributed by atoms with Crippen molar-refractivity contribution < 1.29 is 0 Å². The zero-order valence-electron chi connectivity index (χ0n) is 13.1. The molecule has 0 fully saturated rings. The lowest BCUT2D eigenvalue weighted by Gasteiger charge is -2.13. The Bertz CT molecular complexity index is 756. The number of rotatable bonds is 6. The van der Waals surface area contributed by atoms with Crippen LogP contribution in [0, 0.1) is 0 Å². The summed E-state index contributed by atoms with van der Waals surface area (Å²) in [7, 11) is 4.12. The lowest BCUT2D eigenvalue weighted by atomic mass is 10.2. The maximum absolute atomic E-state index is 4.41. The van der Waals surface area contributed by atoms with Gasteiger partial charge in [0.25, 0.3) is 0 Å². The molecule has 0 saturated heterocycles. The summed E-state index contributed by atoms with van der Waals surface area (Å²) < 4.78 is 1.19. The van der Waals surface area contributed by atoms with Crippen molar-refractivity contribution in [2.75, 3.05) is 24.3 Å². The van der Waals surface area contributed by atoms with Crippen LogP contribution in [0.25, 0.3) is 0 Å². The first kappa shape index (κ1) is 15.8. The quantitative estimate of drug-likeness (QED) is 0.661. The molecular weight excluding hydrogens is 324 g/mol. The summed E-state index contributed by atoms with van der Waals surface area (Å²) in [6.45, 7) is 0. The van der Waals surface area contributed by atoms with Gasteiger partial charge in [-0.2, -0.15) is 0 Å². The molecule has 6 heteroatoms. The van der Waals surface area contributed by atoms with Crippen LogP contribution in [0.2, 0.25) is 0 Å². The number of hydrogen-bond donors (Lipinski definition) is 1. The molecule has 23 heavy (non-hydrogen) atoms. The maximum Gasteiger partial charge on any atom is 0.189 e. The Hall–Kier alpha value is -2.05. The summed E-state index contributed by atoms with van der Waals surface area (Å²) >= 11 is 3.45. The molecule has 0 aliphatic carbocycles. The van der Waals surface area contributed by atoms with Gasteiger partial charge in [0.2, 0.25) is 0 Å². The van der Waals surface area contributed by atoms with Crippen LogP contribution in [-0.2, 0) is 5.75 Å². The number of anilines is 3. The molecular formula is C17H18N4S2. The van der Waals surface area contributed by atoms with Gasteiger partial charge in [0.1, 0.15) is 5.82 Å². The lowest BCUT2D eigenvalue weighted by Crippen LogP contribution is -2.08. The minimum Gasteiger partial charge on any atom is -0.378 e. The van der Waals surface area contributed by atoms with E-state index in [1.165, 1.54) is 15.5 Å². The van der Waals surface area contributed by atoms with Gasteiger partial charge in [-0.05, 0) is 29.8 Å². The van der Waals surface area contributed by atoms with Crippen molar-refractivity contribution >= 4 is 39.7 Å². The number of nitrogens with one attached hydrogen (secondary N) is 1. The van der Waals surface area contributed by atoms with Crippen LogP contribution in [0.1, 0.15) is 5.56 Å². The average Bonchev–Trinajstić information content (AvgIpc) is 3.01. The van der Waals surface area contributed by atoms with Crippen LogP contribution < -0.4 is 10.2 Å². The molecule has 0 aliphatic heterocycles. The second-order valence-corrected chi connectivity index (χ2v) is 7.48. The van der Waals surface area contributed by atoms with Crippen LogP contribution in [0.5, 0.6) is 0 Å². The molecule has 1 N–H and O–H groups in total. The highest BCUT2D eigenvalue weighted by Gasteiger charge is 2.05. The third-order valence-electron chi connectivity index (χ3n) is 3.19. The normalized spacial score (nSPS) is 10.5. The largest absolute Gasteiger partial charge is 0.378 e. The molecule has 0 saturated carbocycles. The highest BCUT2D eigenvalue weighted by Crippen LogP contribution is 2.32. The van der Waals surface area contributed by atoms with Gasteiger partial charge in [-0.3, -0.25) is 0 Å². The summed E-state index contributed by atoms with van der Waals surface area (Å²) in [4.78, 5) is 10.8. The van der Waals surface area contributed by atoms with Crippen molar-refractivity contribution in [3.63, 3.8) is 0 Å². The fourth-order valence-electron chi connectivity index (χ4n) is 2.01. The topological polar surface area (TPSA) is 41.1 Å². The predicted octanol–water partition coefficient (Wildman–Crippen LogP) is 4.64. The summed E-state index contributed by atoms with van der Waals surface area (Å²) in [5.41, 5.74) is 2.54. The molecule has 2 aromatic heterocycles. The Balaban J connectivity index is 1.60. The lowest BCUT2D eigenvalue weighted by molar-refractivity contribution is 1.13. The standard InChI is InChI=1S/C17H18N4S2/c1-21(2)14-7-5-6-13(10-14)12-22-16-11-19-17(23-16)20-15-8-3-4-9-18-15/h3-11H,12H2,1-2H3,(H,18,19,20). The van der Waals surface area contributed by atoms with E-state index in [0.717, 1.165) is 16.7 Å². The molecule has 3 rings (SSSR count). The monoisotopic (exact) mass is 342 g/mol. The van der Waals surface area contributed by atoms with Gasteiger partial charge < -0.3 is 10.2 Å². The fourth-order valence-corrected chi connectivity index (χ4v) is 3.83. The summed E-state index contributed by atoms with van der Waals surface area (Å²) in [6, 6.07) is 14.4. The van der Waals surface area contributed by atoms with Crippen molar-refractivity contribution in [2.45, 2.75) is 9.96 Å². The second-order valence-electron chi connectivity index (χ2n) is 5.18. The Kier molecular flexibility index (Phi) is 5.15. The average molecular weight is 342 g/mol. The van der Waals surface area contributed by atoms with Gasteiger partial charge >= 0.3 is 0 Å². The summed E-state index contributed by atoms with van der Waals surface area (Å²) in [6.07, 6.45) is 3.68. The minimum absolute atomic E-state index is 0.817.